The number of fused-ring (bicyclic) bond motifs is 1. The van der Waals surface area contributed by atoms with E-state index in [4.69, 9.17) is 9.47 Å². The lowest BCUT2D eigenvalue weighted by Gasteiger charge is -2.42. The quantitative estimate of drug-likeness (QED) is 0.780. The predicted octanol–water partition coefficient (Wildman–Crippen LogP) is 2.89. The van der Waals surface area contributed by atoms with Gasteiger partial charge in [0, 0.05) is 6.54 Å². The summed E-state index contributed by atoms with van der Waals surface area (Å²) >= 11 is 0. The topological polar surface area (TPSA) is 67.9 Å². The van der Waals surface area contributed by atoms with Crippen LogP contribution in [0.25, 0.3) is 0 Å². The van der Waals surface area contributed by atoms with Crippen molar-refractivity contribution in [2.24, 2.45) is 0 Å². The number of amides is 2. The Balaban J connectivity index is 1.44. The van der Waals surface area contributed by atoms with Crippen LogP contribution in [0, 0.1) is 5.82 Å². The van der Waals surface area contributed by atoms with E-state index in [1.54, 1.807) is 17.0 Å². The number of nitrogens with one attached hydrogen (secondary N) is 1. The van der Waals surface area contributed by atoms with Crippen molar-refractivity contribution in [2.45, 2.75) is 37.7 Å². The number of benzene rings is 2. The minimum absolute atomic E-state index is 0.0875. The van der Waals surface area contributed by atoms with Crippen LogP contribution in [-0.2, 0) is 27.2 Å². The number of ether oxygens (including phenoxy) is 2. The van der Waals surface area contributed by atoms with Crippen LogP contribution in [0.2, 0.25) is 0 Å². The predicted molar refractivity (Wildman–Crippen MR) is 118 cm³/mol. The van der Waals surface area contributed by atoms with Gasteiger partial charge in [0.05, 0.1) is 26.1 Å². The maximum Gasteiger partial charge on any atom is 0.254 e. The second-order valence-electron chi connectivity index (χ2n) is 8.38. The first-order valence-electron chi connectivity index (χ1n) is 11.2. The zero-order valence-electron chi connectivity index (χ0n) is 18.1. The number of carbonyl (C=O) groups excluding carboxylic acids is 2. The Morgan fingerprint density at radius 3 is 2.75 bits per heavy atom. The Labute approximate surface area is 187 Å². The molecular weight excluding hydrogens is 411 g/mol. The number of morpholine rings is 1. The zero-order valence-corrected chi connectivity index (χ0v) is 18.1. The van der Waals surface area contributed by atoms with Crippen LogP contribution in [0.15, 0.2) is 48.5 Å². The molecule has 0 bridgehead atoms. The van der Waals surface area contributed by atoms with E-state index in [0.29, 0.717) is 32.7 Å². The molecule has 1 fully saturated rings. The van der Waals surface area contributed by atoms with E-state index < -0.39 is 5.60 Å². The summed E-state index contributed by atoms with van der Waals surface area (Å²) in [6.07, 6.45) is 3.26. The molecule has 6 nitrogen and oxygen atoms in total. The normalized spacial score (nSPS) is 22.2. The molecule has 1 unspecified atom stereocenters. The summed E-state index contributed by atoms with van der Waals surface area (Å²) in [6.45, 7) is 1.69. The molecule has 170 valence electrons. The Morgan fingerprint density at radius 2 is 1.91 bits per heavy atom. The number of hydrogen-bond donors (Lipinski definition) is 1. The minimum atomic E-state index is -1.06. The van der Waals surface area contributed by atoms with Gasteiger partial charge in [-0.15, -0.1) is 0 Å². The molecule has 1 spiro atoms. The molecule has 0 aromatic heterocycles. The first-order chi connectivity index (χ1) is 15.6. The van der Waals surface area contributed by atoms with Gasteiger partial charge < -0.3 is 19.7 Å². The van der Waals surface area contributed by atoms with Crippen molar-refractivity contribution in [1.29, 1.82) is 0 Å². The van der Waals surface area contributed by atoms with Gasteiger partial charge in [-0.1, -0.05) is 30.3 Å². The maximum absolute atomic E-state index is 13.2. The van der Waals surface area contributed by atoms with Crippen molar-refractivity contribution in [3.8, 4) is 5.75 Å². The smallest absolute Gasteiger partial charge is 0.254 e. The molecule has 2 aromatic carbocycles. The van der Waals surface area contributed by atoms with Gasteiger partial charge in [-0.2, -0.15) is 0 Å². The third-order valence-electron chi connectivity index (χ3n) is 6.12. The number of carbonyl (C=O) groups is 2. The van der Waals surface area contributed by atoms with Crippen LogP contribution < -0.4 is 10.1 Å². The van der Waals surface area contributed by atoms with Crippen LogP contribution in [-0.4, -0.2) is 55.2 Å². The number of nitrogens with zero attached hydrogens (tertiary/aromatic N) is 1. The van der Waals surface area contributed by atoms with E-state index in [9.17, 15) is 14.0 Å². The Kier molecular flexibility index (Phi) is 7.05. The van der Waals surface area contributed by atoms with Crippen molar-refractivity contribution in [2.75, 3.05) is 32.8 Å². The van der Waals surface area contributed by atoms with Crippen LogP contribution in [0.5, 0.6) is 5.75 Å². The van der Waals surface area contributed by atoms with E-state index in [0.717, 1.165) is 36.1 Å². The highest BCUT2D eigenvalue weighted by Crippen LogP contribution is 2.28. The van der Waals surface area contributed by atoms with Crippen molar-refractivity contribution in [3.63, 3.8) is 0 Å². The molecule has 7 heteroatoms. The lowest BCUT2D eigenvalue weighted by atomic mass is 9.91. The molecular formula is C25H29FN2O4. The van der Waals surface area contributed by atoms with Crippen LogP contribution >= 0.6 is 0 Å². The Hall–Kier alpha value is -2.93. The van der Waals surface area contributed by atoms with Gasteiger partial charge in [-0.3, -0.25) is 9.59 Å². The highest BCUT2D eigenvalue weighted by molar-refractivity contribution is 5.87. The summed E-state index contributed by atoms with van der Waals surface area (Å²) in [5.41, 5.74) is 0.847. The minimum Gasteiger partial charge on any atom is -0.491 e. The zero-order chi connectivity index (χ0) is 22.4. The van der Waals surface area contributed by atoms with E-state index in [1.807, 2.05) is 18.2 Å². The van der Waals surface area contributed by atoms with Gasteiger partial charge >= 0.3 is 0 Å². The molecule has 2 aromatic rings. The van der Waals surface area contributed by atoms with Crippen molar-refractivity contribution >= 4 is 11.8 Å². The molecule has 0 saturated carbocycles. The molecule has 1 atom stereocenters. The second kappa shape index (κ2) is 10.1. The first kappa shape index (κ1) is 22.3. The fourth-order valence-corrected chi connectivity index (χ4v) is 4.35. The number of hydrogen-bond acceptors (Lipinski definition) is 4. The van der Waals surface area contributed by atoms with Gasteiger partial charge in [0.15, 0.2) is 5.60 Å². The average molecular weight is 441 g/mol. The third-order valence-corrected chi connectivity index (χ3v) is 6.12. The highest BCUT2D eigenvalue weighted by atomic mass is 19.1. The lowest BCUT2D eigenvalue weighted by molar-refractivity contribution is -0.167. The third kappa shape index (κ3) is 5.27. The van der Waals surface area contributed by atoms with E-state index >= 15 is 0 Å². The average Bonchev–Trinajstić information content (AvgIpc) is 2.81. The molecule has 2 aliphatic rings. The Bertz CT molecular complexity index is 949. The largest absolute Gasteiger partial charge is 0.491 e. The molecule has 2 amide bonds. The molecule has 0 aliphatic carbocycles. The molecule has 2 aliphatic heterocycles. The van der Waals surface area contributed by atoms with E-state index in [-0.39, 0.29) is 30.6 Å². The number of rotatable bonds is 2. The van der Waals surface area contributed by atoms with Crippen LogP contribution in [0.1, 0.15) is 30.4 Å². The number of para-hydroxylation sites is 1. The summed E-state index contributed by atoms with van der Waals surface area (Å²) < 4.78 is 25.1. The summed E-state index contributed by atoms with van der Waals surface area (Å²) in [5.74, 6) is 0.247. The summed E-state index contributed by atoms with van der Waals surface area (Å²) in [4.78, 5) is 27.8. The van der Waals surface area contributed by atoms with Gasteiger partial charge in [0.25, 0.3) is 5.91 Å². The van der Waals surface area contributed by atoms with Gasteiger partial charge in [0.1, 0.15) is 18.2 Å². The fourth-order valence-electron chi connectivity index (χ4n) is 4.35. The monoisotopic (exact) mass is 440 g/mol. The van der Waals surface area contributed by atoms with Gasteiger partial charge in [0.2, 0.25) is 5.91 Å². The maximum atomic E-state index is 13.2. The lowest BCUT2D eigenvalue weighted by Crippen LogP contribution is -2.61. The van der Waals surface area contributed by atoms with Gasteiger partial charge in [-0.05, 0) is 55.0 Å². The Morgan fingerprint density at radius 1 is 1.09 bits per heavy atom. The van der Waals surface area contributed by atoms with Crippen molar-refractivity contribution in [3.05, 3.63) is 65.5 Å². The molecule has 2 heterocycles. The molecule has 0 radical (unpaired) electrons. The van der Waals surface area contributed by atoms with E-state index in [2.05, 4.69) is 11.4 Å². The molecule has 1 saturated heterocycles. The molecule has 4 rings (SSSR count). The fraction of sp³-hybridized carbons (Fsp3) is 0.440. The first-order valence-corrected chi connectivity index (χ1v) is 11.2. The van der Waals surface area contributed by atoms with Gasteiger partial charge in [-0.25, -0.2) is 4.39 Å². The van der Waals surface area contributed by atoms with Crippen LogP contribution in [0.4, 0.5) is 4.39 Å². The highest BCUT2D eigenvalue weighted by Gasteiger charge is 2.44. The molecule has 1 N–H and O–H groups in total. The molecule has 32 heavy (non-hydrogen) atoms. The van der Waals surface area contributed by atoms with Crippen molar-refractivity contribution in [1.82, 2.24) is 10.2 Å². The van der Waals surface area contributed by atoms with Crippen molar-refractivity contribution < 1.29 is 23.5 Å². The summed E-state index contributed by atoms with van der Waals surface area (Å²) in [6, 6.07) is 13.9. The second-order valence-corrected chi connectivity index (χ2v) is 8.38. The standard InChI is InChI=1S/C25H29FN2O4/c26-21-10-8-19(9-11-21)17-23(29)28-14-16-32-25(18-28)12-4-3-6-20-5-1-2-7-22(20)31-15-13-27-24(25)30/h1-2,5,7-11H,3-4,6,12-18H2,(H,27,30). The number of aryl methyl sites for hydroxylation is 1. The van der Waals surface area contributed by atoms with Crippen LogP contribution in [0.3, 0.4) is 0 Å². The summed E-state index contributed by atoms with van der Waals surface area (Å²) in [5, 5.41) is 2.94. The van der Waals surface area contributed by atoms with E-state index in [1.165, 1.54) is 12.1 Å². The SMILES string of the molecule is O=C(Cc1ccc(F)cc1)N1CCOC2(CCCCc3ccccc3OCCNC2=O)C1. The summed E-state index contributed by atoms with van der Waals surface area (Å²) in [7, 11) is 0. The number of halogens is 1.